The topological polar surface area (TPSA) is 81.2 Å². The zero-order valence-electron chi connectivity index (χ0n) is 11.0. The van der Waals surface area contributed by atoms with E-state index < -0.39 is 23.1 Å². The van der Waals surface area contributed by atoms with Gasteiger partial charge in [0.2, 0.25) is 10.1 Å². The third-order valence-corrected chi connectivity index (χ3v) is 3.15. The molecule has 0 saturated carbocycles. The minimum absolute atomic E-state index is 0.166. The number of esters is 1. The molecule has 0 aliphatic carbocycles. The Morgan fingerprint density at radius 1 is 1.18 bits per heavy atom. The summed E-state index contributed by atoms with van der Waals surface area (Å²) in [6.45, 7) is 1.23. The number of anilines is 1. The number of ether oxygens (including phenoxy) is 1. The Balaban J connectivity index is 2.06. The lowest BCUT2D eigenvalue weighted by Gasteiger charge is -2.03. The van der Waals surface area contributed by atoms with Crippen LogP contribution in [-0.4, -0.2) is 22.1 Å². The highest BCUT2D eigenvalue weighted by molar-refractivity contribution is 7.15. The van der Waals surface area contributed by atoms with E-state index in [1.807, 2.05) is 0 Å². The summed E-state index contributed by atoms with van der Waals surface area (Å²) in [4.78, 5) is 22.6. The van der Waals surface area contributed by atoms with Crippen LogP contribution >= 0.6 is 11.3 Å². The molecule has 10 heteroatoms. The van der Waals surface area contributed by atoms with E-state index in [0.29, 0.717) is 0 Å². The molecule has 0 aliphatic rings. The van der Waals surface area contributed by atoms with E-state index in [2.05, 4.69) is 15.5 Å². The summed E-state index contributed by atoms with van der Waals surface area (Å²) in [5, 5.41) is 7.01. The van der Waals surface area contributed by atoms with Gasteiger partial charge in [-0.05, 0) is 24.3 Å². The average molecular weight is 331 g/mol. The van der Waals surface area contributed by atoms with Gasteiger partial charge in [0.05, 0.1) is 0 Å². The van der Waals surface area contributed by atoms with Crippen LogP contribution in [0.2, 0.25) is 0 Å². The average Bonchev–Trinajstić information content (AvgIpc) is 2.87. The zero-order valence-corrected chi connectivity index (χ0v) is 11.8. The highest BCUT2D eigenvalue weighted by Gasteiger charge is 2.35. The standard InChI is InChI=1S/C12H8F3N3O3S/c1-6(19)21-8-4-2-7(3-5-8)9(20)16-11-18-17-10(22-11)12(13,14)15/h2-5H,1H3,(H,16,18,20). The van der Waals surface area contributed by atoms with Gasteiger partial charge in [-0.25, -0.2) is 0 Å². The van der Waals surface area contributed by atoms with Gasteiger partial charge in [0.1, 0.15) is 5.75 Å². The van der Waals surface area contributed by atoms with Crippen LogP contribution in [0.4, 0.5) is 18.3 Å². The molecule has 2 rings (SSSR count). The molecular formula is C12H8F3N3O3S. The second kappa shape index (κ2) is 6.10. The third kappa shape index (κ3) is 4.01. The molecule has 0 atom stereocenters. The van der Waals surface area contributed by atoms with Gasteiger partial charge in [-0.15, -0.1) is 10.2 Å². The fourth-order valence-electron chi connectivity index (χ4n) is 1.40. The van der Waals surface area contributed by atoms with Gasteiger partial charge in [0.25, 0.3) is 5.91 Å². The number of nitrogens with one attached hydrogen (secondary N) is 1. The monoisotopic (exact) mass is 331 g/mol. The largest absolute Gasteiger partial charge is 0.445 e. The van der Waals surface area contributed by atoms with Crippen LogP contribution in [0.25, 0.3) is 0 Å². The zero-order chi connectivity index (χ0) is 16.3. The molecule has 0 bridgehead atoms. The smallest absolute Gasteiger partial charge is 0.427 e. The molecule has 116 valence electrons. The number of carbonyl (C=O) groups is 2. The normalized spacial score (nSPS) is 11.1. The quantitative estimate of drug-likeness (QED) is 0.691. The number of alkyl halides is 3. The summed E-state index contributed by atoms with van der Waals surface area (Å²) < 4.78 is 41.9. The summed E-state index contributed by atoms with van der Waals surface area (Å²) in [5.41, 5.74) is 0.166. The number of carbonyl (C=O) groups excluding carboxylic acids is 2. The molecule has 0 unspecified atom stereocenters. The van der Waals surface area contributed by atoms with Crippen molar-refractivity contribution >= 4 is 28.3 Å². The van der Waals surface area contributed by atoms with E-state index in [-0.39, 0.29) is 27.8 Å². The van der Waals surface area contributed by atoms with Crippen molar-refractivity contribution < 1.29 is 27.5 Å². The second-order valence-corrected chi connectivity index (χ2v) is 4.96. The molecule has 1 aromatic carbocycles. The summed E-state index contributed by atoms with van der Waals surface area (Å²) >= 11 is 0.226. The van der Waals surface area contributed by atoms with Gasteiger partial charge in [-0.3, -0.25) is 14.9 Å². The van der Waals surface area contributed by atoms with E-state index in [1.54, 1.807) is 0 Å². The Labute approximate surface area is 125 Å². The Hall–Kier alpha value is -2.49. The van der Waals surface area contributed by atoms with Gasteiger partial charge in [0, 0.05) is 12.5 Å². The Kier molecular flexibility index (Phi) is 4.40. The van der Waals surface area contributed by atoms with Crippen molar-refractivity contribution in [2.24, 2.45) is 0 Å². The Bertz CT molecular complexity index is 698. The number of halogens is 3. The van der Waals surface area contributed by atoms with Crippen molar-refractivity contribution in [2.45, 2.75) is 13.1 Å². The van der Waals surface area contributed by atoms with Crippen molar-refractivity contribution in [3.8, 4) is 5.75 Å². The van der Waals surface area contributed by atoms with Crippen molar-refractivity contribution in [1.29, 1.82) is 0 Å². The molecule has 0 radical (unpaired) electrons. The number of aromatic nitrogens is 2. The highest BCUT2D eigenvalue weighted by atomic mass is 32.1. The number of benzene rings is 1. The first-order chi connectivity index (χ1) is 10.3. The lowest BCUT2D eigenvalue weighted by atomic mass is 10.2. The Morgan fingerprint density at radius 3 is 2.32 bits per heavy atom. The van der Waals surface area contributed by atoms with Crippen molar-refractivity contribution in [3.05, 3.63) is 34.8 Å². The van der Waals surface area contributed by atoms with E-state index in [4.69, 9.17) is 4.74 Å². The maximum atomic E-state index is 12.4. The summed E-state index contributed by atoms with van der Waals surface area (Å²) in [7, 11) is 0. The molecular weight excluding hydrogens is 323 g/mol. The summed E-state index contributed by atoms with van der Waals surface area (Å²) in [6.07, 6.45) is -4.60. The predicted molar refractivity (Wildman–Crippen MR) is 70.6 cm³/mol. The van der Waals surface area contributed by atoms with Crippen LogP contribution in [0, 0.1) is 0 Å². The minimum atomic E-state index is -4.60. The maximum absolute atomic E-state index is 12.4. The van der Waals surface area contributed by atoms with Gasteiger partial charge < -0.3 is 4.74 Å². The van der Waals surface area contributed by atoms with Crippen LogP contribution < -0.4 is 10.1 Å². The lowest BCUT2D eigenvalue weighted by molar-refractivity contribution is -0.138. The third-order valence-electron chi connectivity index (χ3n) is 2.27. The second-order valence-electron chi connectivity index (χ2n) is 3.98. The fraction of sp³-hybridized carbons (Fsp3) is 0.167. The molecule has 0 aliphatic heterocycles. The molecule has 22 heavy (non-hydrogen) atoms. The van der Waals surface area contributed by atoms with E-state index in [1.165, 1.54) is 31.2 Å². The van der Waals surface area contributed by atoms with Crippen LogP contribution in [0.5, 0.6) is 5.75 Å². The van der Waals surface area contributed by atoms with Gasteiger partial charge >= 0.3 is 12.1 Å². The number of rotatable bonds is 3. The van der Waals surface area contributed by atoms with Crippen LogP contribution in [0.1, 0.15) is 22.3 Å². The van der Waals surface area contributed by atoms with E-state index >= 15 is 0 Å². The minimum Gasteiger partial charge on any atom is -0.427 e. The molecule has 1 amide bonds. The van der Waals surface area contributed by atoms with Gasteiger partial charge in [-0.2, -0.15) is 13.2 Å². The molecule has 2 aromatic rings. The lowest BCUT2D eigenvalue weighted by Crippen LogP contribution is -2.11. The SMILES string of the molecule is CC(=O)Oc1ccc(C(=O)Nc2nnc(C(F)(F)F)s2)cc1. The first-order valence-corrected chi connectivity index (χ1v) is 6.58. The number of amides is 1. The molecule has 1 aromatic heterocycles. The maximum Gasteiger partial charge on any atom is 0.445 e. The molecule has 6 nitrogen and oxygen atoms in total. The highest BCUT2D eigenvalue weighted by Crippen LogP contribution is 2.33. The molecule has 0 spiro atoms. The number of hydrogen-bond acceptors (Lipinski definition) is 6. The van der Waals surface area contributed by atoms with Crippen molar-refractivity contribution in [3.63, 3.8) is 0 Å². The van der Waals surface area contributed by atoms with Crippen LogP contribution in [-0.2, 0) is 11.0 Å². The van der Waals surface area contributed by atoms with E-state index in [0.717, 1.165) is 0 Å². The number of nitrogens with zero attached hydrogens (tertiary/aromatic N) is 2. The van der Waals surface area contributed by atoms with Crippen molar-refractivity contribution in [1.82, 2.24) is 10.2 Å². The molecule has 0 saturated heterocycles. The van der Waals surface area contributed by atoms with Gasteiger partial charge in [0.15, 0.2) is 0 Å². The number of hydrogen-bond donors (Lipinski definition) is 1. The predicted octanol–water partition coefficient (Wildman–Crippen LogP) is 2.73. The van der Waals surface area contributed by atoms with Crippen molar-refractivity contribution in [2.75, 3.05) is 5.32 Å². The van der Waals surface area contributed by atoms with E-state index in [9.17, 15) is 22.8 Å². The molecule has 1 heterocycles. The van der Waals surface area contributed by atoms with Gasteiger partial charge in [-0.1, -0.05) is 11.3 Å². The van der Waals surface area contributed by atoms with Crippen LogP contribution in [0.15, 0.2) is 24.3 Å². The fourth-order valence-corrected chi connectivity index (χ4v) is 2.00. The molecule has 1 N–H and O–H groups in total. The Morgan fingerprint density at radius 2 is 1.82 bits per heavy atom. The first-order valence-electron chi connectivity index (χ1n) is 5.76. The van der Waals surface area contributed by atoms with Crippen LogP contribution in [0.3, 0.4) is 0 Å². The summed E-state index contributed by atoms with van der Waals surface area (Å²) in [6, 6.07) is 5.49. The molecule has 0 fully saturated rings. The summed E-state index contributed by atoms with van der Waals surface area (Å²) in [5.74, 6) is -0.913. The first kappa shape index (κ1) is 15.9.